The van der Waals surface area contributed by atoms with Crippen molar-refractivity contribution in [3.63, 3.8) is 0 Å². The Morgan fingerprint density at radius 1 is 0.797 bits per heavy atom. The lowest BCUT2D eigenvalue weighted by atomic mass is 9.47. The number of nitrogens with zero attached hydrogens (tertiary/aromatic N) is 1. The highest BCUT2D eigenvalue weighted by molar-refractivity contribution is 5.98. The van der Waals surface area contributed by atoms with E-state index in [4.69, 9.17) is 19.4 Å². The van der Waals surface area contributed by atoms with E-state index in [2.05, 4.69) is 62.0 Å². The smallest absolute Gasteiger partial charge is 0.429 e. The van der Waals surface area contributed by atoms with Gasteiger partial charge in [0, 0.05) is 43.8 Å². The summed E-state index contributed by atoms with van der Waals surface area (Å²) >= 11 is 0. The number of nitrogens with one attached hydrogen (secondary N) is 4. The Morgan fingerprint density at radius 2 is 1.51 bits per heavy atom. The Bertz CT molecular complexity index is 2140. The first-order valence-electron chi connectivity index (χ1n) is 25.5. The molecule has 0 bridgehead atoms. The van der Waals surface area contributed by atoms with Gasteiger partial charge in [-0.3, -0.25) is 19.2 Å². The Labute approximate surface area is 408 Å². The highest BCUT2D eigenvalue weighted by atomic mass is 16.7. The lowest BCUT2D eigenvalue weighted by Crippen LogP contribution is -2.51. The van der Waals surface area contributed by atoms with E-state index in [1.165, 1.54) is 95.9 Å². The molecule has 69 heavy (non-hydrogen) atoms. The Hall–Kier alpha value is -5.31. The Kier molecular flexibility index (Phi) is 18.5. The van der Waals surface area contributed by atoms with E-state index < -0.39 is 36.0 Å². The fraction of sp³-hybridized carbons (Fsp3) is 0.648. The second-order valence-corrected chi connectivity index (χ2v) is 21.3. The molecule has 0 aliphatic heterocycles. The minimum atomic E-state index is -0.980. The fourth-order valence-electron chi connectivity index (χ4n) is 12.3. The van der Waals surface area contributed by atoms with E-state index in [1.807, 2.05) is 0 Å². The highest BCUT2D eigenvalue weighted by Gasteiger charge is 2.59. The molecule has 4 amide bonds. The molecular formula is C54H78N5O10+. The van der Waals surface area contributed by atoms with Crippen molar-refractivity contribution < 1.29 is 48.3 Å². The molecule has 2 aromatic rings. The molecule has 15 nitrogen and oxygen atoms in total. The maximum Gasteiger partial charge on any atom is 0.514 e. The van der Waals surface area contributed by atoms with Crippen LogP contribution in [0.2, 0.25) is 0 Å². The first-order valence-corrected chi connectivity index (χ1v) is 25.5. The van der Waals surface area contributed by atoms with Crippen LogP contribution in [0.25, 0.3) is 0 Å². The molecule has 3 fully saturated rings. The van der Waals surface area contributed by atoms with Gasteiger partial charge in [0.1, 0.15) is 24.4 Å². The van der Waals surface area contributed by atoms with Crippen LogP contribution in [0.3, 0.4) is 0 Å². The van der Waals surface area contributed by atoms with Crippen molar-refractivity contribution >= 4 is 41.2 Å². The second-order valence-electron chi connectivity index (χ2n) is 21.3. The van der Waals surface area contributed by atoms with Crippen LogP contribution in [0, 0.1) is 51.2 Å². The molecule has 0 heterocycles. The summed E-state index contributed by atoms with van der Waals surface area (Å²) in [4.78, 5) is 73.5. The van der Waals surface area contributed by atoms with Gasteiger partial charge >= 0.3 is 11.8 Å². The minimum Gasteiger partial charge on any atom is -0.429 e. The van der Waals surface area contributed by atoms with Crippen molar-refractivity contribution in [2.75, 3.05) is 18.5 Å². The van der Waals surface area contributed by atoms with Gasteiger partial charge in [0.25, 0.3) is 4.92 Å². The summed E-state index contributed by atoms with van der Waals surface area (Å²) in [5, 5.41) is 19.7. The van der Waals surface area contributed by atoms with Crippen molar-refractivity contribution in [2.24, 2.45) is 46.3 Å². The number of fused-ring (bicyclic) bond motifs is 5. The summed E-state index contributed by atoms with van der Waals surface area (Å²) in [6.45, 7) is 16.4. The van der Waals surface area contributed by atoms with E-state index in [1.54, 1.807) is 29.8 Å². The van der Waals surface area contributed by atoms with Gasteiger partial charge in [0.15, 0.2) is 0 Å². The monoisotopic (exact) mass is 957 g/mol. The number of carbonyl (C=O) groups excluding carboxylic acids is 5. The maximum atomic E-state index is 12.8. The van der Waals surface area contributed by atoms with Crippen molar-refractivity contribution in [3.8, 4) is 5.75 Å². The molecule has 0 saturated heterocycles. The molecule has 0 spiro atoms. The number of ether oxygens (including phenoxy) is 3. The molecule has 3 saturated carbocycles. The van der Waals surface area contributed by atoms with E-state index in [0.29, 0.717) is 36.2 Å². The third kappa shape index (κ3) is 13.9. The first-order chi connectivity index (χ1) is 32.9. The molecule has 6 rings (SSSR count). The van der Waals surface area contributed by atoms with E-state index in [9.17, 15) is 28.9 Å². The molecule has 0 radical (unpaired) electrons. The summed E-state index contributed by atoms with van der Waals surface area (Å²) in [6.07, 6.45) is 16.6. The van der Waals surface area contributed by atoms with Crippen molar-refractivity contribution in [2.45, 2.75) is 163 Å². The van der Waals surface area contributed by atoms with Gasteiger partial charge in [0.2, 0.25) is 23.6 Å². The van der Waals surface area contributed by atoms with Crippen LogP contribution >= 0.6 is 0 Å². The second kappa shape index (κ2) is 24.0. The third-order valence-electron chi connectivity index (χ3n) is 16.2. The maximum absolute atomic E-state index is 12.8. The Morgan fingerprint density at radius 3 is 2.22 bits per heavy atom. The molecular weight excluding hydrogens is 879 g/mol. The molecule has 4 aliphatic carbocycles. The van der Waals surface area contributed by atoms with Gasteiger partial charge in [-0.05, 0) is 148 Å². The molecule has 15 heteroatoms. The zero-order valence-corrected chi connectivity index (χ0v) is 42.0. The molecule has 0 aromatic heterocycles. The number of anilines is 1. The number of allylic oxidation sites excluding steroid dienone is 1. The molecule has 10 atom stereocenters. The third-order valence-corrected chi connectivity index (χ3v) is 16.2. The lowest BCUT2D eigenvalue weighted by Gasteiger charge is -2.58. The quantitative estimate of drug-likeness (QED) is 0.0249. The number of rotatable bonds is 22. The largest absolute Gasteiger partial charge is 0.514 e. The summed E-state index contributed by atoms with van der Waals surface area (Å²) in [5.41, 5.74) is 3.41. The first kappa shape index (κ1) is 53.0. The fourth-order valence-corrected chi connectivity index (χ4v) is 12.3. The van der Waals surface area contributed by atoms with Crippen molar-refractivity contribution in [3.05, 3.63) is 70.7 Å². The molecule has 2 aromatic carbocycles. The predicted molar refractivity (Wildman–Crippen MR) is 262 cm³/mol. The number of carbonyl (C=O) groups is 5. The standard InChI is InChI=1S/C54H77N5O10/c1-34(2)10-8-11-35(3)45-22-23-46-44-21-14-39-32-43(26-28-53(39,6)47(44)27-29-54(45,46)7)67-31-9-30-55-48(60)24-25-49(61)56-36(4)50(62)57-37(5)51(63)58-40-15-12-38(13-16-40)33-68-52(64)69-42-19-17-41(18-20-42)59(65)66/h12-20,34-37,43-47H,8-11,21-33H2,1-7H3,(H4-,55,56,57,58,60,61,62,63,65,66)/p+1/t35-,36+,37+,43+,44+,45-,46?,47+,53+,54-/m1/s1. The normalized spacial score (nSPS) is 26.1. The van der Waals surface area contributed by atoms with Crippen LogP contribution in [-0.2, 0) is 35.3 Å². The number of hydrogen-bond donors (Lipinski definition) is 5. The average Bonchev–Trinajstić information content (AvgIpc) is 3.67. The molecule has 378 valence electrons. The predicted octanol–water partition coefficient (Wildman–Crippen LogP) is 9.86. The minimum absolute atomic E-state index is 0.0196. The summed E-state index contributed by atoms with van der Waals surface area (Å²) in [7, 11) is 0. The van der Waals surface area contributed by atoms with Crippen LogP contribution < -0.4 is 26.0 Å². The van der Waals surface area contributed by atoms with E-state index in [-0.39, 0.29) is 53.2 Å². The van der Waals surface area contributed by atoms with Gasteiger partial charge in [-0.2, -0.15) is 0 Å². The van der Waals surface area contributed by atoms with E-state index in [0.717, 1.165) is 48.3 Å². The van der Waals surface area contributed by atoms with Gasteiger partial charge in [0.05, 0.1) is 11.0 Å². The molecule has 4 aliphatic rings. The zero-order valence-electron chi connectivity index (χ0n) is 42.0. The summed E-state index contributed by atoms with van der Waals surface area (Å²) in [6, 6.07) is 9.76. The van der Waals surface area contributed by atoms with Crippen LogP contribution in [-0.4, -0.2) is 71.3 Å². The molecule has 5 N–H and O–H groups in total. The lowest BCUT2D eigenvalue weighted by molar-refractivity contribution is -0.729. The van der Waals surface area contributed by atoms with Crippen molar-refractivity contribution in [1.82, 2.24) is 16.0 Å². The van der Waals surface area contributed by atoms with Gasteiger partial charge in [-0.1, -0.05) is 77.7 Å². The topological polar surface area (TPSA) is 201 Å². The van der Waals surface area contributed by atoms with Crippen molar-refractivity contribution in [1.29, 1.82) is 0 Å². The van der Waals surface area contributed by atoms with Gasteiger partial charge < -0.3 is 35.5 Å². The average molecular weight is 957 g/mol. The molecule has 1 unspecified atom stereocenters. The number of hydrogen-bond acceptors (Lipinski definition) is 9. The van der Waals surface area contributed by atoms with E-state index >= 15 is 0 Å². The number of amides is 4. The summed E-state index contributed by atoms with van der Waals surface area (Å²) in [5.74, 6) is 3.31. The van der Waals surface area contributed by atoms with Crippen LogP contribution in [0.15, 0.2) is 60.2 Å². The summed E-state index contributed by atoms with van der Waals surface area (Å²) < 4.78 is 16.5. The highest BCUT2D eigenvalue weighted by Crippen LogP contribution is 2.67. The van der Waals surface area contributed by atoms with Crippen LogP contribution in [0.5, 0.6) is 5.75 Å². The Balaban J connectivity index is 0.815. The van der Waals surface area contributed by atoms with Gasteiger partial charge in [-0.25, -0.2) is 10.0 Å². The van der Waals surface area contributed by atoms with Gasteiger partial charge in [-0.15, -0.1) is 0 Å². The zero-order chi connectivity index (χ0) is 49.9. The van der Waals surface area contributed by atoms with Crippen LogP contribution in [0.4, 0.5) is 16.2 Å². The SMILES string of the molecule is CC(C)CCC[C@@H](C)[C@H]1CCC2[C@@H]3CC=C4C[C@@H](OCCCNC(=O)CCC(=O)N[C@@H](C)C(=O)N[C@@H](C)C(=O)Nc5ccc(COC(=O)Oc6ccc([N+](=O)O)cc6)cc5)CC[C@]4(C)[C@H]3CC[C@@]21C. The number of benzene rings is 2. The van der Waals surface area contributed by atoms with Crippen LogP contribution in [0.1, 0.15) is 144 Å².